The zero-order chi connectivity index (χ0) is 70.4. The first kappa shape index (κ1) is 71.4. The Hall–Kier alpha value is -10.9. The second-order valence-corrected chi connectivity index (χ2v) is 25.3. The number of H-pyrrole nitrogens is 2. The van der Waals surface area contributed by atoms with Gasteiger partial charge in [-0.3, -0.25) is 62.5 Å². The number of halogens is 2. The lowest BCUT2D eigenvalue weighted by Crippen LogP contribution is -2.62. The fourth-order valence-corrected chi connectivity index (χ4v) is 12.7. The molecular weight excluding hydrogens is 1270 g/mol. The van der Waals surface area contributed by atoms with Gasteiger partial charge in [0.2, 0.25) is 47.3 Å². The second-order valence-electron chi connectivity index (χ2n) is 25.3. The molecule has 516 valence electrons. The first-order chi connectivity index (χ1) is 46.8. The molecule has 28 heteroatoms. The van der Waals surface area contributed by atoms with Gasteiger partial charge in [0.1, 0.15) is 41.0 Å². The Morgan fingerprint density at radius 3 is 1.93 bits per heavy atom. The number of carbonyl (C=O) groups excluding carboxylic acids is 11. The number of aromatic hydroxyl groups is 1. The van der Waals surface area contributed by atoms with Crippen molar-refractivity contribution in [2.75, 3.05) is 19.6 Å². The van der Waals surface area contributed by atoms with Crippen LogP contribution in [-0.2, 0) is 78.4 Å². The number of aliphatic imine (C=N–C) groups is 1. The number of aromatic nitrogens is 2. The molecule has 0 radical (unpaired) electrons. The number of allylic oxidation sites excluding steroid dienone is 1. The highest BCUT2D eigenvalue weighted by Crippen LogP contribution is 2.33. The molecule has 10 rings (SSSR count). The van der Waals surface area contributed by atoms with Crippen LogP contribution in [0.2, 0.25) is 0 Å². The molecule has 2 bridgehead atoms. The Kier molecular flexibility index (Phi) is 23.5. The minimum absolute atomic E-state index is 0.0112. The summed E-state index contributed by atoms with van der Waals surface area (Å²) in [6, 6.07) is 12.3. The Morgan fingerprint density at radius 2 is 1.32 bits per heavy atom. The summed E-state index contributed by atoms with van der Waals surface area (Å²) in [6.07, 6.45) is 3.63. The second kappa shape index (κ2) is 32.2. The predicted octanol–water partition coefficient (Wildman–Crippen LogP) is 3.62. The van der Waals surface area contributed by atoms with Crippen molar-refractivity contribution >= 4 is 98.7 Å². The van der Waals surface area contributed by atoms with Crippen molar-refractivity contribution < 1.29 is 76.5 Å². The highest BCUT2D eigenvalue weighted by atomic mass is 19.1. The molecule has 1 saturated heterocycles. The summed E-state index contributed by atoms with van der Waals surface area (Å²) in [5.74, 6) is -14.6. The van der Waals surface area contributed by atoms with Crippen molar-refractivity contribution in [2.45, 2.75) is 139 Å². The SMILES string of the molecule is CC(=O)N[C@@H]1CCCCNC(=O)c2ccc(cc2)C[C@@H](C(N)=O)NC(=O)[C@]2(C)CCCN2C(=O)[C@H](Cc2ccc(O)cc2)NC(=O)[C@H](CC2=CN=CC2)CC(=O)[C@H](CC(=O)O)NC(=O)[C@H](Cc2c[nH]c3ccc(F)cc23)CC(=O)[C@H](Cc2c[nH]c3ccc(F)cc23)NC(=O)CNC1=O. The third-order valence-electron chi connectivity index (χ3n) is 18.0. The molecule has 26 nitrogen and oxygen atoms in total. The predicted molar refractivity (Wildman–Crippen MR) is 353 cm³/mol. The van der Waals surface area contributed by atoms with E-state index in [4.69, 9.17) is 5.73 Å². The van der Waals surface area contributed by atoms with Gasteiger partial charge in [-0.15, -0.1) is 0 Å². The van der Waals surface area contributed by atoms with Crippen LogP contribution in [0.1, 0.15) is 111 Å². The third-order valence-corrected chi connectivity index (χ3v) is 18.0. The van der Waals surface area contributed by atoms with Crippen LogP contribution in [0.5, 0.6) is 5.75 Å². The van der Waals surface area contributed by atoms with Crippen molar-refractivity contribution in [1.29, 1.82) is 0 Å². The van der Waals surface area contributed by atoms with Gasteiger partial charge < -0.3 is 68.0 Å². The van der Waals surface area contributed by atoms with Gasteiger partial charge >= 0.3 is 5.97 Å². The average molecular weight is 1350 g/mol. The van der Waals surface area contributed by atoms with E-state index in [-0.39, 0.29) is 82.2 Å². The van der Waals surface area contributed by atoms with Crippen molar-refractivity contribution in [3.63, 3.8) is 0 Å². The van der Waals surface area contributed by atoms with Crippen molar-refractivity contribution in [1.82, 2.24) is 52.1 Å². The maximum absolute atomic E-state index is 15.2. The van der Waals surface area contributed by atoms with Crippen LogP contribution in [0.25, 0.3) is 21.8 Å². The summed E-state index contributed by atoms with van der Waals surface area (Å²) in [6.45, 7) is 2.10. The van der Waals surface area contributed by atoms with Crippen LogP contribution < -0.4 is 43.0 Å². The molecule has 4 aromatic carbocycles. The molecule has 6 aromatic rings. The number of hydrogen-bond donors (Lipinski definition) is 12. The highest BCUT2D eigenvalue weighted by Gasteiger charge is 2.49. The number of carboxylic acids is 1. The van der Waals surface area contributed by atoms with E-state index in [9.17, 15) is 57.4 Å². The summed E-state index contributed by atoms with van der Waals surface area (Å²) >= 11 is 0. The lowest BCUT2D eigenvalue weighted by Gasteiger charge is -2.37. The van der Waals surface area contributed by atoms with E-state index in [1.54, 1.807) is 18.3 Å². The monoisotopic (exact) mass is 1350 g/mol. The van der Waals surface area contributed by atoms with E-state index in [0.29, 0.717) is 62.5 Å². The van der Waals surface area contributed by atoms with E-state index in [1.807, 2.05) is 0 Å². The number of aliphatic carboxylic acids is 1. The molecule has 0 spiro atoms. The number of carboxylic acid groups (broad SMARTS) is 1. The van der Waals surface area contributed by atoms with Crippen molar-refractivity contribution in [3.8, 4) is 5.75 Å². The lowest BCUT2D eigenvalue weighted by atomic mass is 9.87. The zero-order valence-electron chi connectivity index (χ0n) is 54.0. The first-order valence-electron chi connectivity index (χ1n) is 32.3. The minimum Gasteiger partial charge on any atom is -0.508 e. The third kappa shape index (κ3) is 18.5. The lowest BCUT2D eigenvalue weighted by molar-refractivity contribution is -0.147. The molecule has 4 aliphatic heterocycles. The number of rotatable bonds is 12. The number of aromatic amines is 2. The average Bonchev–Trinajstić information content (AvgIpc) is 1.60. The number of hydrogen-bond acceptors (Lipinski definition) is 14. The van der Waals surface area contributed by atoms with Crippen LogP contribution >= 0.6 is 0 Å². The topological polar surface area (TPSA) is 403 Å². The molecule has 8 atom stereocenters. The molecule has 0 saturated carbocycles. The maximum Gasteiger partial charge on any atom is 0.305 e. The standard InChI is InChI=1S/C70H78F2N12O14/c1-38(85)79-54-6-3-4-21-75-64(93)42-11-7-39(8-12-42)25-57(63(73)92)83-69(98)70(2)20-5-23-84(70)68(97)58(26-40-9-15-49(86)16-10-40)82-65(94)43(24-41-19-22-74-34-41)29-60(88)56(33-62(90)91)81-66(95)44(27-45-35-76-52-17-13-47(71)31-50(45)52)30-59(87)55(80-61(89)37-78-67(54)96)28-46-36-77-53-18-14-48(72)32-51(46)53/h7-18,22,31-32,34-36,43-44,54-58,76-77,86H,3-6,19-21,23-30,33,37H2,1-2H3,(H2,73,92)(H,75,93)(H,78,96)(H,79,85)(H,80,89)(H,81,95)(H,82,94)(H,83,98)(H,90,91)/t43-,44-,54-,55+,56+,57+,58+,70+/m1/s1. The fourth-order valence-electron chi connectivity index (χ4n) is 12.7. The van der Waals surface area contributed by atoms with Crippen molar-refractivity contribution in [2.24, 2.45) is 22.6 Å². The summed E-state index contributed by atoms with van der Waals surface area (Å²) in [5.41, 5.74) is 7.56. The molecule has 4 aliphatic rings. The summed E-state index contributed by atoms with van der Waals surface area (Å²) in [7, 11) is 0. The van der Waals surface area contributed by atoms with Crippen LogP contribution in [0.4, 0.5) is 8.78 Å². The molecular formula is C70H78F2N12O14. The zero-order valence-corrected chi connectivity index (χ0v) is 54.0. The number of phenolic OH excluding ortho intramolecular Hbond substituents is 1. The van der Waals surface area contributed by atoms with E-state index >= 15 is 19.2 Å². The van der Waals surface area contributed by atoms with E-state index in [0.717, 1.165) is 0 Å². The molecule has 0 unspecified atom stereocenters. The van der Waals surface area contributed by atoms with Crippen LogP contribution in [0.3, 0.4) is 0 Å². The van der Waals surface area contributed by atoms with Crippen molar-refractivity contribution in [3.05, 3.63) is 149 Å². The Morgan fingerprint density at radius 1 is 0.694 bits per heavy atom. The molecule has 2 aromatic heterocycles. The van der Waals surface area contributed by atoms with Gasteiger partial charge in [-0.05, 0) is 140 Å². The molecule has 1 fully saturated rings. The number of amides is 9. The van der Waals surface area contributed by atoms with Gasteiger partial charge in [-0.1, -0.05) is 24.3 Å². The molecule has 98 heavy (non-hydrogen) atoms. The number of ketones is 2. The van der Waals surface area contributed by atoms with E-state index in [1.165, 1.54) is 110 Å². The highest BCUT2D eigenvalue weighted by molar-refractivity contribution is 6.01. The number of nitrogens with two attached hydrogens (primary N) is 1. The number of nitrogens with one attached hydrogen (secondary N) is 9. The summed E-state index contributed by atoms with van der Waals surface area (Å²) in [4.78, 5) is 181. The normalized spacial score (nSPS) is 23.5. The number of carbonyl (C=O) groups is 12. The first-order valence-corrected chi connectivity index (χ1v) is 32.3. The van der Waals surface area contributed by atoms with Gasteiger partial charge in [-0.25, -0.2) is 8.78 Å². The molecule has 0 aliphatic carbocycles. The Bertz CT molecular complexity index is 4110. The summed E-state index contributed by atoms with van der Waals surface area (Å²) in [5, 5.41) is 39.8. The van der Waals surface area contributed by atoms with Gasteiger partial charge in [0.15, 0.2) is 11.6 Å². The molecule has 9 amide bonds. The number of benzene rings is 4. The van der Waals surface area contributed by atoms with Gasteiger partial charge in [0.05, 0.1) is 25.0 Å². The largest absolute Gasteiger partial charge is 0.508 e. The Balaban J connectivity index is 1.07. The summed E-state index contributed by atoms with van der Waals surface area (Å²) < 4.78 is 29.8. The minimum atomic E-state index is -1.89. The van der Waals surface area contributed by atoms with Crippen LogP contribution in [0.15, 0.2) is 114 Å². The van der Waals surface area contributed by atoms with Crippen LogP contribution in [0, 0.1) is 23.5 Å². The van der Waals surface area contributed by atoms with Gasteiger partial charge in [-0.2, -0.15) is 0 Å². The van der Waals surface area contributed by atoms with E-state index < -0.39 is 156 Å². The quantitative estimate of drug-likeness (QED) is 0.0833. The fraction of sp³-hybridized carbons (Fsp3) is 0.386. The maximum atomic E-state index is 15.2. The number of nitrogens with zero attached hydrogens (tertiary/aromatic N) is 2. The number of fused-ring (bicyclic) bond motifs is 32. The molecule has 13 N–H and O–H groups in total. The van der Waals surface area contributed by atoms with Gasteiger partial charge in [0.25, 0.3) is 5.91 Å². The number of primary amides is 1. The Labute approximate surface area is 561 Å². The van der Waals surface area contributed by atoms with E-state index in [2.05, 4.69) is 52.2 Å². The van der Waals surface area contributed by atoms with Crippen LogP contribution in [-0.4, -0.2) is 157 Å². The number of Topliss-reactive ketones (excluding diaryl/α,β-unsaturated/α-hetero) is 2. The van der Waals surface area contributed by atoms with Gasteiger partial charge in [0, 0.05) is 123 Å². The number of phenols is 1. The smallest absolute Gasteiger partial charge is 0.305 e. The molecule has 6 heterocycles.